The molecule has 1 aromatic carbocycles. The molecule has 1 fully saturated rings. The summed E-state index contributed by atoms with van der Waals surface area (Å²) in [6.07, 6.45) is 2.96. The van der Waals surface area contributed by atoms with Crippen LogP contribution in [-0.2, 0) is 20.2 Å². The SMILES string of the molecule is CN=C(NCCS(=O)(=O)NCC1CCCCO1)NCC(C)(C)c1cccc(F)c1.I. The molecule has 7 nitrogen and oxygen atoms in total. The van der Waals surface area contributed by atoms with Gasteiger partial charge >= 0.3 is 0 Å². The molecule has 1 unspecified atom stereocenters. The summed E-state index contributed by atoms with van der Waals surface area (Å²) in [5, 5.41) is 6.19. The summed E-state index contributed by atoms with van der Waals surface area (Å²) in [7, 11) is -1.77. The van der Waals surface area contributed by atoms with E-state index in [1.165, 1.54) is 12.1 Å². The third-order valence-electron chi connectivity index (χ3n) is 5.00. The zero-order chi connectivity index (χ0) is 21.3. The van der Waals surface area contributed by atoms with E-state index in [0.29, 0.717) is 25.7 Å². The lowest BCUT2D eigenvalue weighted by atomic mass is 9.84. The van der Waals surface area contributed by atoms with Crippen molar-refractivity contribution in [2.75, 3.05) is 39.0 Å². The molecule has 1 atom stereocenters. The molecular weight excluding hydrogens is 522 g/mol. The number of halogens is 2. The molecule has 172 valence electrons. The summed E-state index contributed by atoms with van der Waals surface area (Å²) in [6, 6.07) is 6.51. The van der Waals surface area contributed by atoms with Gasteiger partial charge < -0.3 is 15.4 Å². The minimum Gasteiger partial charge on any atom is -0.377 e. The number of aliphatic imine (C=N–C) groups is 1. The molecule has 1 saturated heterocycles. The first-order chi connectivity index (χ1) is 13.7. The van der Waals surface area contributed by atoms with E-state index in [1.807, 2.05) is 19.9 Å². The first kappa shape index (κ1) is 27.1. The molecule has 30 heavy (non-hydrogen) atoms. The summed E-state index contributed by atoms with van der Waals surface area (Å²) in [5.41, 5.74) is 0.546. The fraction of sp³-hybridized carbons (Fsp3) is 0.650. The molecular formula is C20H34FIN4O3S. The molecule has 0 aromatic heterocycles. The standard InChI is InChI=1S/C20H33FN4O3S.HI/c1-20(2,16-7-6-8-17(21)13-16)15-24-19(22-3)23-10-12-29(26,27)25-14-18-9-4-5-11-28-18;/h6-8,13,18,25H,4-5,9-12,14-15H2,1-3H3,(H2,22,23,24);1H. The Kier molecular flexibility index (Phi) is 11.5. The predicted molar refractivity (Wildman–Crippen MR) is 130 cm³/mol. The largest absolute Gasteiger partial charge is 0.377 e. The number of guanidine groups is 1. The number of benzene rings is 1. The second-order valence-electron chi connectivity index (χ2n) is 7.90. The minimum absolute atomic E-state index is 0. The molecule has 0 spiro atoms. The van der Waals surface area contributed by atoms with Gasteiger partial charge in [-0.2, -0.15) is 0 Å². The van der Waals surface area contributed by atoms with Gasteiger partial charge in [-0.3, -0.25) is 4.99 Å². The smallest absolute Gasteiger partial charge is 0.213 e. The number of ether oxygens (including phenoxy) is 1. The lowest BCUT2D eigenvalue weighted by Gasteiger charge is -2.27. The van der Waals surface area contributed by atoms with Crippen molar-refractivity contribution >= 4 is 40.0 Å². The number of nitrogens with one attached hydrogen (secondary N) is 3. The van der Waals surface area contributed by atoms with Gasteiger partial charge in [0.1, 0.15) is 5.82 Å². The van der Waals surface area contributed by atoms with Gasteiger partial charge in [0.15, 0.2) is 5.96 Å². The molecule has 10 heteroatoms. The topological polar surface area (TPSA) is 91.8 Å². The van der Waals surface area contributed by atoms with Gasteiger partial charge in [0, 0.05) is 38.7 Å². The van der Waals surface area contributed by atoms with Crippen LogP contribution in [0.3, 0.4) is 0 Å². The van der Waals surface area contributed by atoms with Gasteiger partial charge in [0.25, 0.3) is 0 Å². The number of hydrogen-bond acceptors (Lipinski definition) is 4. The second-order valence-corrected chi connectivity index (χ2v) is 9.83. The molecule has 1 aliphatic rings. The zero-order valence-corrected chi connectivity index (χ0v) is 21.1. The van der Waals surface area contributed by atoms with Crippen LogP contribution < -0.4 is 15.4 Å². The van der Waals surface area contributed by atoms with Crippen LogP contribution in [-0.4, -0.2) is 59.5 Å². The minimum atomic E-state index is -3.39. The maximum Gasteiger partial charge on any atom is 0.213 e. The highest BCUT2D eigenvalue weighted by atomic mass is 127. The van der Waals surface area contributed by atoms with Crippen LogP contribution >= 0.6 is 24.0 Å². The van der Waals surface area contributed by atoms with E-state index >= 15 is 0 Å². The van der Waals surface area contributed by atoms with E-state index in [1.54, 1.807) is 13.1 Å². The fourth-order valence-electron chi connectivity index (χ4n) is 3.10. The molecule has 0 bridgehead atoms. The van der Waals surface area contributed by atoms with E-state index < -0.39 is 10.0 Å². The van der Waals surface area contributed by atoms with Crippen molar-refractivity contribution in [3.05, 3.63) is 35.6 Å². The highest BCUT2D eigenvalue weighted by molar-refractivity contribution is 14.0. The van der Waals surface area contributed by atoms with Crippen LogP contribution in [0, 0.1) is 5.82 Å². The van der Waals surface area contributed by atoms with Crippen molar-refractivity contribution in [1.29, 1.82) is 0 Å². The number of hydrogen-bond donors (Lipinski definition) is 3. The maximum absolute atomic E-state index is 13.5. The van der Waals surface area contributed by atoms with Crippen molar-refractivity contribution < 1.29 is 17.5 Å². The summed E-state index contributed by atoms with van der Waals surface area (Å²) >= 11 is 0. The molecule has 1 aliphatic heterocycles. The number of rotatable bonds is 9. The third kappa shape index (κ3) is 9.44. The number of nitrogens with zero attached hydrogens (tertiary/aromatic N) is 1. The van der Waals surface area contributed by atoms with Gasteiger partial charge in [0.05, 0.1) is 11.9 Å². The van der Waals surface area contributed by atoms with Gasteiger partial charge in [-0.15, -0.1) is 24.0 Å². The van der Waals surface area contributed by atoms with Crippen LogP contribution in [0.2, 0.25) is 0 Å². The normalized spacial score (nSPS) is 17.9. The quantitative estimate of drug-likeness (QED) is 0.247. The van der Waals surface area contributed by atoms with E-state index in [-0.39, 0.29) is 53.6 Å². The van der Waals surface area contributed by atoms with E-state index in [2.05, 4.69) is 20.3 Å². The van der Waals surface area contributed by atoms with Gasteiger partial charge in [-0.1, -0.05) is 26.0 Å². The Morgan fingerprint density at radius 3 is 2.70 bits per heavy atom. The molecule has 0 aliphatic carbocycles. The highest BCUT2D eigenvalue weighted by Crippen LogP contribution is 2.22. The van der Waals surface area contributed by atoms with Gasteiger partial charge in [0.2, 0.25) is 10.0 Å². The van der Waals surface area contributed by atoms with Crippen LogP contribution in [0.1, 0.15) is 38.7 Å². The molecule has 2 rings (SSSR count). The van der Waals surface area contributed by atoms with Gasteiger partial charge in [-0.05, 0) is 37.0 Å². The molecule has 1 heterocycles. The molecule has 0 radical (unpaired) electrons. The summed E-state index contributed by atoms with van der Waals surface area (Å²) in [5.74, 6) is 0.169. The lowest BCUT2D eigenvalue weighted by Crippen LogP contribution is -2.45. The Morgan fingerprint density at radius 1 is 1.30 bits per heavy atom. The second kappa shape index (κ2) is 12.8. The maximum atomic E-state index is 13.5. The van der Waals surface area contributed by atoms with Crippen molar-refractivity contribution in [3.63, 3.8) is 0 Å². The highest BCUT2D eigenvalue weighted by Gasteiger charge is 2.22. The first-order valence-electron chi connectivity index (χ1n) is 10.0. The fourth-order valence-corrected chi connectivity index (χ4v) is 4.06. The Labute approximate surface area is 196 Å². The van der Waals surface area contributed by atoms with Crippen LogP contribution in [0.4, 0.5) is 4.39 Å². The molecule has 0 amide bonds. The molecule has 1 aromatic rings. The van der Waals surface area contributed by atoms with Crippen LogP contribution in [0.15, 0.2) is 29.3 Å². The monoisotopic (exact) mass is 556 g/mol. The van der Waals surface area contributed by atoms with E-state index in [4.69, 9.17) is 4.74 Å². The predicted octanol–water partition coefficient (Wildman–Crippen LogP) is 2.37. The zero-order valence-electron chi connectivity index (χ0n) is 17.9. The summed E-state index contributed by atoms with van der Waals surface area (Å²) < 4.78 is 46.0. The molecule has 0 saturated carbocycles. The van der Waals surface area contributed by atoms with E-state index in [9.17, 15) is 12.8 Å². The Hall–Kier alpha value is -0.980. The van der Waals surface area contributed by atoms with Crippen molar-refractivity contribution in [2.45, 2.75) is 44.6 Å². The molecule has 3 N–H and O–H groups in total. The summed E-state index contributed by atoms with van der Waals surface area (Å²) in [6.45, 7) is 5.76. The van der Waals surface area contributed by atoms with Crippen molar-refractivity contribution in [2.24, 2.45) is 4.99 Å². The van der Waals surface area contributed by atoms with E-state index in [0.717, 1.165) is 24.8 Å². The number of sulfonamides is 1. The van der Waals surface area contributed by atoms with Crippen LogP contribution in [0.5, 0.6) is 0 Å². The Morgan fingerprint density at radius 2 is 2.07 bits per heavy atom. The summed E-state index contributed by atoms with van der Waals surface area (Å²) in [4.78, 5) is 4.13. The average Bonchev–Trinajstić information content (AvgIpc) is 2.70. The Balaban J connectivity index is 0.00000450. The third-order valence-corrected chi connectivity index (χ3v) is 6.34. The average molecular weight is 556 g/mol. The van der Waals surface area contributed by atoms with Crippen molar-refractivity contribution in [3.8, 4) is 0 Å². The van der Waals surface area contributed by atoms with Crippen molar-refractivity contribution in [1.82, 2.24) is 15.4 Å². The Bertz CT molecular complexity index is 784. The lowest BCUT2D eigenvalue weighted by molar-refractivity contribution is 0.0200. The first-order valence-corrected chi connectivity index (χ1v) is 11.7. The van der Waals surface area contributed by atoms with Crippen LogP contribution in [0.25, 0.3) is 0 Å². The van der Waals surface area contributed by atoms with Gasteiger partial charge in [-0.25, -0.2) is 17.5 Å².